The van der Waals surface area contributed by atoms with Crippen molar-refractivity contribution in [1.29, 1.82) is 0 Å². The molecule has 0 aliphatic rings. The molecule has 0 atom stereocenters. The lowest BCUT2D eigenvalue weighted by molar-refractivity contribution is 0.330. The lowest BCUT2D eigenvalue weighted by Gasteiger charge is -2.19. The summed E-state index contributed by atoms with van der Waals surface area (Å²) in [6, 6.07) is 0. The van der Waals surface area contributed by atoms with Crippen molar-refractivity contribution < 1.29 is 16.5 Å². The van der Waals surface area contributed by atoms with Gasteiger partial charge in [0.2, 0.25) is 0 Å². The van der Waals surface area contributed by atoms with Crippen LogP contribution in [0, 0.1) is 0 Å². The molecule has 0 spiro atoms. The van der Waals surface area contributed by atoms with Gasteiger partial charge in [0, 0.05) is 0 Å². The molecular formula is C4H15AlO4Si2. The minimum Gasteiger partial charge on any atom is -0.506 e. The molecule has 0 aliphatic heterocycles. The highest BCUT2D eigenvalue weighted by Crippen LogP contribution is 2.00. The van der Waals surface area contributed by atoms with E-state index in [-0.39, 0.29) is 0 Å². The third-order valence-corrected chi connectivity index (χ3v) is 7.42. The Morgan fingerprint density at radius 3 is 1.36 bits per heavy atom. The highest BCUT2D eigenvalue weighted by molar-refractivity contribution is 6.71. The summed E-state index contributed by atoms with van der Waals surface area (Å²) in [5.41, 5.74) is 0. The van der Waals surface area contributed by atoms with Crippen molar-refractivity contribution in [3.63, 3.8) is 0 Å². The normalized spacial score (nSPS) is 13.3. The van der Waals surface area contributed by atoms with Crippen LogP contribution in [-0.4, -0.2) is 42.6 Å². The van der Waals surface area contributed by atoms with Gasteiger partial charge < -0.3 is 16.5 Å². The summed E-state index contributed by atoms with van der Waals surface area (Å²) in [6.07, 6.45) is 0. The molecule has 0 aromatic carbocycles. The third-order valence-electron chi connectivity index (χ3n) is 0.824. The Balaban J connectivity index is 3.44. The van der Waals surface area contributed by atoms with E-state index < -0.39 is 33.0 Å². The van der Waals surface area contributed by atoms with Crippen molar-refractivity contribution >= 4 is 33.0 Å². The molecule has 0 saturated carbocycles. The second-order valence-electron chi connectivity index (χ2n) is 3.30. The van der Waals surface area contributed by atoms with Crippen molar-refractivity contribution in [2.24, 2.45) is 0 Å². The summed E-state index contributed by atoms with van der Waals surface area (Å²) in [5.74, 6) is 0. The summed E-state index contributed by atoms with van der Waals surface area (Å²) in [5, 5.41) is 0. The van der Waals surface area contributed by atoms with E-state index in [1.807, 2.05) is 0 Å². The molecule has 66 valence electrons. The van der Waals surface area contributed by atoms with E-state index in [1.165, 1.54) is 0 Å². The fourth-order valence-electron chi connectivity index (χ4n) is 0.318. The van der Waals surface area contributed by atoms with Crippen LogP contribution >= 0.6 is 0 Å². The molecule has 0 saturated heterocycles. The number of hydrogen-bond acceptors (Lipinski definition) is 4. The fraction of sp³-hybridized carbons (Fsp3) is 1.00. The Labute approximate surface area is 76.0 Å². The smallest absolute Gasteiger partial charge is 0.506 e. The van der Waals surface area contributed by atoms with Gasteiger partial charge in [-0.3, -0.25) is 0 Å². The van der Waals surface area contributed by atoms with Gasteiger partial charge in [0.25, 0.3) is 0 Å². The van der Waals surface area contributed by atoms with Crippen LogP contribution in [-0.2, 0) is 6.96 Å². The molecule has 0 heterocycles. The standard InChI is InChI=1S/2C2H7O2Si.Al.H/c2*1-5(2,3)4;;/h2*3H,1-2H3;;/q2*-1;+2;. The van der Waals surface area contributed by atoms with Crippen molar-refractivity contribution in [1.82, 2.24) is 0 Å². The topological polar surface area (TPSA) is 58.9 Å². The van der Waals surface area contributed by atoms with Crippen molar-refractivity contribution in [3.05, 3.63) is 0 Å². The van der Waals surface area contributed by atoms with Crippen LogP contribution < -0.4 is 0 Å². The summed E-state index contributed by atoms with van der Waals surface area (Å²) in [4.78, 5) is 18.4. The van der Waals surface area contributed by atoms with Crippen LogP contribution in [0.25, 0.3) is 0 Å². The SMILES string of the molecule is C[Si](C)(O)[O][AlH][O][Si](C)(C)O. The molecule has 0 aromatic heterocycles. The largest absolute Gasteiger partial charge is 0.630 e. The Morgan fingerprint density at radius 2 is 1.18 bits per heavy atom. The number of rotatable bonds is 4. The highest BCUT2D eigenvalue weighted by atomic mass is 28.4. The second-order valence-corrected chi connectivity index (χ2v) is 11.6. The van der Waals surface area contributed by atoms with Gasteiger partial charge in [0.05, 0.1) is 0 Å². The lowest BCUT2D eigenvalue weighted by atomic mass is 11.9. The van der Waals surface area contributed by atoms with Gasteiger partial charge in [-0.25, -0.2) is 0 Å². The van der Waals surface area contributed by atoms with E-state index in [0.29, 0.717) is 0 Å². The van der Waals surface area contributed by atoms with Crippen LogP contribution in [0.3, 0.4) is 0 Å². The van der Waals surface area contributed by atoms with Crippen molar-refractivity contribution in [2.75, 3.05) is 0 Å². The van der Waals surface area contributed by atoms with Crippen LogP contribution in [0.15, 0.2) is 0 Å². The zero-order valence-electron chi connectivity index (χ0n) is 7.42. The summed E-state index contributed by atoms with van der Waals surface area (Å²) in [7, 11) is -4.82. The molecule has 2 N–H and O–H groups in total. The quantitative estimate of drug-likeness (QED) is 0.624. The first kappa shape index (κ1) is 11.8. The van der Waals surface area contributed by atoms with Gasteiger partial charge in [-0.05, 0) is 26.2 Å². The molecule has 0 rings (SSSR count). The highest BCUT2D eigenvalue weighted by Gasteiger charge is 2.24. The zero-order valence-corrected chi connectivity index (χ0v) is 10.8. The summed E-state index contributed by atoms with van der Waals surface area (Å²) in [6.45, 7) is 6.70. The molecule has 4 nitrogen and oxygen atoms in total. The fourth-order valence-corrected chi connectivity index (χ4v) is 3.39. The Morgan fingerprint density at radius 1 is 0.909 bits per heavy atom. The first-order valence-electron chi connectivity index (χ1n) is 3.43. The molecule has 0 radical (unpaired) electrons. The summed E-state index contributed by atoms with van der Waals surface area (Å²) >= 11 is -1.17. The van der Waals surface area contributed by atoms with Gasteiger partial charge in [0.1, 0.15) is 0 Å². The van der Waals surface area contributed by atoms with Gasteiger partial charge in [0.15, 0.2) is 0 Å². The molecule has 0 amide bonds. The Kier molecular flexibility index (Phi) is 4.46. The molecule has 0 fully saturated rings. The maximum absolute atomic E-state index is 9.22. The van der Waals surface area contributed by atoms with E-state index in [1.54, 1.807) is 26.2 Å². The first-order chi connectivity index (χ1) is 4.71. The van der Waals surface area contributed by atoms with E-state index in [0.717, 1.165) is 0 Å². The lowest BCUT2D eigenvalue weighted by Crippen LogP contribution is -2.38. The van der Waals surface area contributed by atoms with Gasteiger partial charge in [-0.1, -0.05) is 0 Å². The molecular weight excluding hydrogens is 195 g/mol. The second kappa shape index (κ2) is 4.16. The van der Waals surface area contributed by atoms with Crippen molar-refractivity contribution in [2.45, 2.75) is 26.2 Å². The van der Waals surface area contributed by atoms with E-state index in [2.05, 4.69) is 0 Å². The van der Waals surface area contributed by atoms with Gasteiger partial charge in [-0.2, -0.15) is 0 Å². The Hall–Kier alpha value is 0.806. The molecule has 0 unspecified atom stereocenters. The average Bonchev–Trinajstić information content (AvgIpc) is 1.55. The summed E-state index contributed by atoms with van der Waals surface area (Å²) < 4.78 is 10.2. The molecule has 11 heavy (non-hydrogen) atoms. The number of hydrogen-bond donors (Lipinski definition) is 2. The van der Waals surface area contributed by atoms with Gasteiger partial charge >= 0.3 is 33.0 Å². The van der Waals surface area contributed by atoms with Crippen molar-refractivity contribution in [3.8, 4) is 0 Å². The van der Waals surface area contributed by atoms with E-state index in [9.17, 15) is 9.59 Å². The average molecular weight is 210 g/mol. The molecule has 0 aromatic rings. The minimum absolute atomic E-state index is 1.17. The van der Waals surface area contributed by atoms with Crippen LogP contribution in [0.2, 0.25) is 26.2 Å². The van der Waals surface area contributed by atoms with Crippen LogP contribution in [0.4, 0.5) is 0 Å². The van der Waals surface area contributed by atoms with Gasteiger partial charge in [-0.15, -0.1) is 0 Å². The Bertz CT molecular complexity index is 104. The van der Waals surface area contributed by atoms with E-state index in [4.69, 9.17) is 6.96 Å². The van der Waals surface area contributed by atoms with E-state index >= 15 is 0 Å². The maximum Gasteiger partial charge on any atom is 0.630 e. The zero-order chi connectivity index (χ0) is 9.12. The minimum atomic E-state index is -2.41. The first-order valence-corrected chi connectivity index (χ1v) is 10.3. The molecule has 0 bridgehead atoms. The molecule has 0 aliphatic carbocycles. The van der Waals surface area contributed by atoms with Crippen LogP contribution in [0.1, 0.15) is 0 Å². The maximum atomic E-state index is 9.22. The third kappa shape index (κ3) is 10.8. The molecule has 7 heteroatoms. The monoisotopic (exact) mass is 210 g/mol. The van der Waals surface area contributed by atoms with Crippen LogP contribution in [0.5, 0.6) is 0 Å². The predicted molar refractivity (Wildman–Crippen MR) is 48.7 cm³/mol. The predicted octanol–water partition coefficient (Wildman–Crippen LogP) is -0.326.